The highest BCUT2D eigenvalue weighted by molar-refractivity contribution is 7.80. The van der Waals surface area contributed by atoms with Gasteiger partial charge in [0.15, 0.2) is 16.7 Å². The van der Waals surface area contributed by atoms with Crippen molar-refractivity contribution in [2.45, 2.75) is 38.1 Å². The Hall–Kier alpha value is -2.34. The topological polar surface area (TPSA) is 55.4 Å². The zero-order chi connectivity index (χ0) is 18.4. The molecule has 0 aliphatic heterocycles. The number of anilines is 1. The van der Waals surface area contributed by atoms with E-state index in [1.807, 2.05) is 31.2 Å². The Bertz CT molecular complexity index is 743. The number of aromatic nitrogens is 1. The van der Waals surface area contributed by atoms with E-state index in [4.69, 9.17) is 21.7 Å². The molecule has 2 N–H and O–H groups in total. The van der Waals surface area contributed by atoms with Crippen LogP contribution in [-0.2, 0) is 5.54 Å². The van der Waals surface area contributed by atoms with Crippen molar-refractivity contribution in [2.75, 3.05) is 19.0 Å². The number of ether oxygens (including phenoxy) is 2. The van der Waals surface area contributed by atoms with Gasteiger partial charge in [0.05, 0.1) is 19.3 Å². The van der Waals surface area contributed by atoms with Gasteiger partial charge < -0.3 is 20.1 Å². The number of pyridine rings is 1. The van der Waals surface area contributed by atoms with Crippen LogP contribution in [-0.4, -0.2) is 23.8 Å². The van der Waals surface area contributed by atoms with E-state index in [-0.39, 0.29) is 5.54 Å². The first kappa shape index (κ1) is 18.5. The molecule has 0 amide bonds. The third kappa shape index (κ3) is 4.07. The molecular formula is C20H25N3O2S. The smallest absolute Gasteiger partial charge is 0.174 e. The van der Waals surface area contributed by atoms with Crippen molar-refractivity contribution in [2.24, 2.45) is 0 Å². The van der Waals surface area contributed by atoms with Crippen LogP contribution in [0.4, 0.5) is 5.82 Å². The Morgan fingerprint density at radius 2 is 1.92 bits per heavy atom. The molecule has 1 aromatic heterocycles. The number of rotatable bonds is 6. The van der Waals surface area contributed by atoms with Crippen molar-refractivity contribution >= 4 is 23.1 Å². The minimum atomic E-state index is -0.156. The average molecular weight is 372 g/mol. The molecule has 3 rings (SSSR count). The zero-order valence-electron chi connectivity index (χ0n) is 15.2. The van der Waals surface area contributed by atoms with E-state index in [0.717, 1.165) is 18.6 Å². The Morgan fingerprint density at radius 1 is 1.19 bits per heavy atom. The molecule has 1 aliphatic carbocycles. The summed E-state index contributed by atoms with van der Waals surface area (Å²) in [5, 5.41) is 7.27. The van der Waals surface area contributed by atoms with Crippen LogP contribution in [0.1, 0.15) is 38.2 Å². The molecule has 1 fully saturated rings. The van der Waals surface area contributed by atoms with E-state index in [1.54, 1.807) is 13.3 Å². The molecule has 1 heterocycles. The van der Waals surface area contributed by atoms with E-state index >= 15 is 0 Å². The molecule has 2 aromatic rings. The van der Waals surface area contributed by atoms with Crippen LogP contribution in [0.5, 0.6) is 11.5 Å². The number of methoxy groups -OCH3 is 1. The van der Waals surface area contributed by atoms with Crippen molar-refractivity contribution in [3.8, 4) is 11.5 Å². The zero-order valence-corrected chi connectivity index (χ0v) is 16.1. The van der Waals surface area contributed by atoms with Crippen LogP contribution in [0.3, 0.4) is 0 Å². The molecular weight excluding hydrogens is 346 g/mol. The Balaban J connectivity index is 1.76. The highest BCUT2D eigenvalue weighted by Gasteiger charge is 2.36. The molecule has 0 unspecified atom stereocenters. The molecule has 1 saturated carbocycles. The summed E-state index contributed by atoms with van der Waals surface area (Å²) in [4.78, 5) is 4.31. The van der Waals surface area contributed by atoms with Gasteiger partial charge in [-0.15, -0.1) is 0 Å². The van der Waals surface area contributed by atoms with Crippen molar-refractivity contribution in [1.29, 1.82) is 0 Å². The highest BCUT2D eigenvalue weighted by atomic mass is 32.1. The van der Waals surface area contributed by atoms with Gasteiger partial charge in [-0.05, 0) is 61.8 Å². The lowest BCUT2D eigenvalue weighted by atomic mass is 9.88. The molecule has 0 atom stereocenters. The maximum Gasteiger partial charge on any atom is 0.174 e. The van der Waals surface area contributed by atoms with Gasteiger partial charge in [0.2, 0.25) is 0 Å². The molecule has 6 heteroatoms. The summed E-state index contributed by atoms with van der Waals surface area (Å²) in [6.07, 6.45) is 6.15. The molecule has 1 aliphatic rings. The first-order valence-corrected chi connectivity index (χ1v) is 9.39. The fourth-order valence-electron chi connectivity index (χ4n) is 3.51. The molecule has 0 bridgehead atoms. The molecule has 0 saturated heterocycles. The maximum atomic E-state index is 5.58. The Kier molecular flexibility index (Phi) is 5.93. The largest absolute Gasteiger partial charge is 0.494 e. The first-order valence-electron chi connectivity index (χ1n) is 8.98. The lowest BCUT2D eigenvalue weighted by molar-refractivity contribution is 0.339. The third-order valence-electron chi connectivity index (χ3n) is 4.75. The van der Waals surface area contributed by atoms with Crippen LogP contribution in [0.25, 0.3) is 0 Å². The lowest BCUT2D eigenvalue weighted by Crippen LogP contribution is -2.45. The van der Waals surface area contributed by atoms with Gasteiger partial charge in [-0.25, -0.2) is 4.98 Å². The van der Waals surface area contributed by atoms with Crippen LogP contribution >= 0.6 is 12.2 Å². The third-order valence-corrected chi connectivity index (χ3v) is 4.95. The van der Waals surface area contributed by atoms with E-state index in [1.165, 1.54) is 18.4 Å². The summed E-state index contributed by atoms with van der Waals surface area (Å²) in [5.74, 6) is 2.17. The number of hydrogen-bond acceptors (Lipinski definition) is 4. The number of benzene rings is 1. The molecule has 0 radical (unpaired) electrons. The molecule has 1 aromatic carbocycles. The monoisotopic (exact) mass is 371 g/mol. The van der Waals surface area contributed by atoms with Crippen molar-refractivity contribution in [3.63, 3.8) is 0 Å². The molecule has 0 spiro atoms. The van der Waals surface area contributed by atoms with Crippen LogP contribution in [0.15, 0.2) is 42.6 Å². The van der Waals surface area contributed by atoms with E-state index in [9.17, 15) is 0 Å². The van der Waals surface area contributed by atoms with Gasteiger partial charge >= 0.3 is 0 Å². The fraction of sp³-hybridized carbons (Fsp3) is 0.400. The van der Waals surface area contributed by atoms with Gasteiger partial charge in [-0.3, -0.25) is 0 Å². The standard InChI is InChI=1S/C20H25N3O2S/c1-3-25-16-10-8-15(9-11-16)20(12-4-5-13-20)23-19(26)22-18-17(24-2)7-6-14-21-18/h6-11,14H,3-5,12-13H2,1-2H3,(H2,21,22,23,26). The lowest BCUT2D eigenvalue weighted by Gasteiger charge is -2.32. The number of thiocarbonyl (C=S) groups is 1. The Morgan fingerprint density at radius 3 is 2.58 bits per heavy atom. The van der Waals surface area contributed by atoms with Gasteiger partial charge in [-0.2, -0.15) is 0 Å². The quantitative estimate of drug-likeness (QED) is 0.741. The summed E-state index contributed by atoms with van der Waals surface area (Å²) in [7, 11) is 1.62. The van der Waals surface area contributed by atoms with Crippen LogP contribution in [0, 0.1) is 0 Å². The van der Waals surface area contributed by atoms with Crippen LogP contribution in [0.2, 0.25) is 0 Å². The number of nitrogens with one attached hydrogen (secondary N) is 2. The second-order valence-corrected chi connectivity index (χ2v) is 6.79. The molecule has 26 heavy (non-hydrogen) atoms. The summed E-state index contributed by atoms with van der Waals surface area (Å²) >= 11 is 5.58. The highest BCUT2D eigenvalue weighted by Crippen LogP contribution is 2.39. The predicted molar refractivity (Wildman–Crippen MR) is 108 cm³/mol. The van der Waals surface area contributed by atoms with Gasteiger partial charge in [0.1, 0.15) is 5.75 Å². The summed E-state index contributed by atoms with van der Waals surface area (Å²) in [6, 6.07) is 12.0. The van der Waals surface area contributed by atoms with Gasteiger partial charge in [-0.1, -0.05) is 25.0 Å². The van der Waals surface area contributed by atoms with E-state index in [2.05, 4.69) is 27.8 Å². The summed E-state index contributed by atoms with van der Waals surface area (Å²) in [5.41, 5.74) is 1.08. The van der Waals surface area contributed by atoms with E-state index in [0.29, 0.717) is 23.3 Å². The van der Waals surface area contributed by atoms with Crippen LogP contribution < -0.4 is 20.1 Å². The minimum absolute atomic E-state index is 0.156. The summed E-state index contributed by atoms with van der Waals surface area (Å²) < 4.78 is 10.9. The second-order valence-electron chi connectivity index (χ2n) is 6.38. The molecule has 138 valence electrons. The van der Waals surface area contributed by atoms with Crippen molar-refractivity contribution in [1.82, 2.24) is 10.3 Å². The van der Waals surface area contributed by atoms with Gasteiger partial charge in [0, 0.05) is 6.20 Å². The Labute approximate surface area is 160 Å². The predicted octanol–water partition coefficient (Wildman–Crippen LogP) is 4.24. The van der Waals surface area contributed by atoms with Crippen molar-refractivity contribution in [3.05, 3.63) is 48.2 Å². The normalized spacial score (nSPS) is 15.3. The molecule has 5 nitrogen and oxygen atoms in total. The SMILES string of the molecule is CCOc1ccc(C2(NC(=S)Nc3ncccc3OC)CCCC2)cc1. The summed E-state index contributed by atoms with van der Waals surface area (Å²) in [6.45, 7) is 2.66. The maximum absolute atomic E-state index is 5.58. The number of nitrogens with zero attached hydrogens (tertiary/aromatic N) is 1. The minimum Gasteiger partial charge on any atom is -0.494 e. The van der Waals surface area contributed by atoms with Gasteiger partial charge in [0.25, 0.3) is 0 Å². The first-order chi connectivity index (χ1) is 12.7. The average Bonchev–Trinajstić information content (AvgIpc) is 3.12. The van der Waals surface area contributed by atoms with E-state index < -0.39 is 0 Å². The second kappa shape index (κ2) is 8.36. The number of hydrogen-bond donors (Lipinski definition) is 2. The fourth-order valence-corrected chi connectivity index (χ4v) is 3.80. The van der Waals surface area contributed by atoms with Crippen molar-refractivity contribution < 1.29 is 9.47 Å².